The summed E-state index contributed by atoms with van der Waals surface area (Å²) in [6.07, 6.45) is 0.478. The maximum atomic E-state index is 12.1. The van der Waals surface area contributed by atoms with Crippen molar-refractivity contribution in [1.29, 1.82) is 0 Å². The van der Waals surface area contributed by atoms with Crippen LogP contribution in [0.2, 0.25) is 0 Å². The molecule has 1 atom stereocenters. The van der Waals surface area contributed by atoms with E-state index < -0.39 is 9.84 Å². The molecule has 7 nitrogen and oxygen atoms in total. The number of sulfone groups is 1. The van der Waals surface area contributed by atoms with Gasteiger partial charge in [0.1, 0.15) is 0 Å². The predicted molar refractivity (Wildman–Crippen MR) is 79.6 cm³/mol. The molecule has 1 fully saturated rings. The van der Waals surface area contributed by atoms with Gasteiger partial charge in [-0.2, -0.15) is 0 Å². The fourth-order valence-corrected chi connectivity index (χ4v) is 4.25. The van der Waals surface area contributed by atoms with Crippen LogP contribution in [0.3, 0.4) is 0 Å². The molecule has 120 valence electrons. The Morgan fingerprint density at radius 2 is 2.14 bits per heavy atom. The topological polar surface area (TPSA) is 84.9 Å². The van der Waals surface area contributed by atoms with E-state index in [2.05, 4.69) is 5.32 Å². The molecule has 2 amide bonds. The average molecular weight is 326 g/mol. The van der Waals surface area contributed by atoms with Gasteiger partial charge < -0.3 is 19.7 Å². The van der Waals surface area contributed by atoms with E-state index in [1.807, 2.05) is 18.2 Å². The molecular formula is C14H18N2O5S. The van der Waals surface area contributed by atoms with Crippen molar-refractivity contribution in [3.8, 4) is 11.5 Å². The van der Waals surface area contributed by atoms with E-state index in [4.69, 9.17) is 9.47 Å². The van der Waals surface area contributed by atoms with Crippen molar-refractivity contribution in [1.82, 2.24) is 10.2 Å². The number of fused-ring (bicyclic) bond motifs is 1. The first-order valence-electron chi connectivity index (χ1n) is 7.03. The van der Waals surface area contributed by atoms with Crippen molar-refractivity contribution in [2.75, 3.05) is 25.3 Å². The van der Waals surface area contributed by atoms with Gasteiger partial charge in [-0.25, -0.2) is 13.2 Å². The monoisotopic (exact) mass is 326 g/mol. The molecule has 0 aromatic heterocycles. The summed E-state index contributed by atoms with van der Waals surface area (Å²) < 4.78 is 33.3. The van der Waals surface area contributed by atoms with Gasteiger partial charge in [-0.1, -0.05) is 6.07 Å². The van der Waals surface area contributed by atoms with E-state index in [0.717, 1.165) is 5.56 Å². The molecule has 22 heavy (non-hydrogen) atoms. The first kappa shape index (κ1) is 15.0. The second-order valence-electron chi connectivity index (χ2n) is 5.59. The zero-order valence-electron chi connectivity index (χ0n) is 12.2. The van der Waals surface area contributed by atoms with E-state index in [1.54, 1.807) is 7.05 Å². The van der Waals surface area contributed by atoms with Crippen LogP contribution >= 0.6 is 0 Å². The molecule has 1 aromatic rings. The highest BCUT2D eigenvalue weighted by atomic mass is 32.2. The summed E-state index contributed by atoms with van der Waals surface area (Å²) in [5.41, 5.74) is 0.918. The Bertz CT molecular complexity index is 688. The number of nitrogens with one attached hydrogen (secondary N) is 1. The fraction of sp³-hybridized carbons (Fsp3) is 0.500. The van der Waals surface area contributed by atoms with Crippen molar-refractivity contribution >= 4 is 15.9 Å². The van der Waals surface area contributed by atoms with Crippen molar-refractivity contribution in [2.45, 2.75) is 19.0 Å². The van der Waals surface area contributed by atoms with Crippen LogP contribution in [0.1, 0.15) is 12.0 Å². The quantitative estimate of drug-likeness (QED) is 0.886. The van der Waals surface area contributed by atoms with Gasteiger partial charge in [0.2, 0.25) is 6.79 Å². The highest BCUT2D eigenvalue weighted by Crippen LogP contribution is 2.32. The summed E-state index contributed by atoms with van der Waals surface area (Å²) in [7, 11) is -1.33. The molecule has 0 radical (unpaired) electrons. The number of urea groups is 1. The number of nitrogens with zero attached hydrogens (tertiary/aromatic N) is 1. The molecule has 3 rings (SSSR count). The van der Waals surface area contributed by atoms with Crippen LogP contribution in [0.4, 0.5) is 4.79 Å². The van der Waals surface area contributed by atoms with Gasteiger partial charge in [0.15, 0.2) is 21.3 Å². The Morgan fingerprint density at radius 1 is 1.36 bits per heavy atom. The SMILES string of the molecule is CN(Cc1ccc2c(c1)OCO2)C(=O)NC1CCS(=O)(=O)C1. The van der Waals surface area contributed by atoms with E-state index in [-0.39, 0.29) is 30.4 Å². The Labute approximate surface area is 129 Å². The standard InChI is InChI=1S/C14H18N2O5S/c1-16(14(17)15-11-4-5-22(18,19)8-11)7-10-2-3-12-13(6-10)21-9-20-12/h2-3,6,11H,4-5,7-9H2,1H3,(H,15,17). The molecule has 2 aliphatic rings. The summed E-state index contributed by atoms with van der Waals surface area (Å²) in [6, 6.07) is 4.95. The number of hydrogen-bond donors (Lipinski definition) is 1. The Morgan fingerprint density at radius 3 is 2.86 bits per heavy atom. The average Bonchev–Trinajstić information content (AvgIpc) is 3.04. The zero-order chi connectivity index (χ0) is 15.7. The molecule has 1 unspecified atom stereocenters. The largest absolute Gasteiger partial charge is 0.454 e. The minimum absolute atomic E-state index is 0.0244. The van der Waals surface area contributed by atoms with Crippen molar-refractivity contribution < 1.29 is 22.7 Å². The van der Waals surface area contributed by atoms with E-state index in [0.29, 0.717) is 24.5 Å². The lowest BCUT2D eigenvalue weighted by molar-refractivity contribution is 0.174. The van der Waals surface area contributed by atoms with Gasteiger partial charge in [-0.15, -0.1) is 0 Å². The third kappa shape index (κ3) is 3.27. The Hall–Kier alpha value is -1.96. The molecule has 1 N–H and O–H groups in total. The third-order valence-electron chi connectivity index (χ3n) is 3.76. The lowest BCUT2D eigenvalue weighted by Crippen LogP contribution is -2.43. The number of ether oxygens (including phenoxy) is 2. The molecular weight excluding hydrogens is 308 g/mol. The highest BCUT2D eigenvalue weighted by Gasteiger charge is 2.29. The number of carbonyl (C=O) groups excluding carboxylic acids is 1. The number of benzene rings is 1. The maximum absolute atomic E-state index is 12.1. The Balaban J connectivity index is 1.57. The molecule has 0 aliphatic carbocycles. The van der Waals surface area contributed by atoms with Gasteiger partial charge in [-0.3, -0.25) is 0 Å². The first-order valence-corrected chi connectivity index (χ1v) is 8.86. The van der Waals surface area contributed by atoms with Crippen LogP contribution in [-0.4, -0.2) is 50.7 Å². The number of amides is 2. The van der Waals surface area contributed by atoms with Gasteiger partial charge >= 0.3 is 6.03 Å². The first-order chi connectivity index (χ1) is 10.4. The second-order valence-corrected chi connectivity index (χ2v) is 7.82. The van der Waals surface area contributed by atoms with Crippen LogP contribution in [0.15, 0.2) is 18.2 Å². The van der Waals surface area contributed by atoms with E-state index in [1.165, 1.54) is 4.90 Å². The fourth-order valence-electron chi connectivity index (χ4n) is 2.58. The van der Waals surface area contributed by atoms with Crippen molar-refractivity contribution in [3.05, 3.63) is 23.8 Å². The summed E-state index contributed by atoms with van der Waals surface area (Å²) >= 11 is 0. The minimum atomic E-state index is -3.00. The van der Waals surface area contributed by atoms with Crippen molar-refractivity contribution in [3.63, 3.8) is 0 Å². The Kier molecular flexibility index (Phi) is 3.86. The summed E-state index contributed by atoms with van der Waals surface area (Å²) in [4.78, 5) is 13.6. The van der Waals surface area contributed by atoms with Gasteiger partial charge in [-0.05, 0) is 24.1 Å². The molecule has 2 heterocycles. The zero-order valence-corrected chi connectivity index (χ0v) is 13.1. The predicted octanol–water partition coefficient (Wildman–Crippen LogP) is 0.744. The second kappa shape index (κ2) is 5.68. The number of rotatable bonds is 3. The number of hydrogen-bond acceptors (Lipinski definition) is 5. The molecule has 1 aromatic carbocycles. The highest BCUT2D eigenvalue weighted by molar-refractivity contribution is 7.91. The van der Waals surface area contributed by atoms with E-state index >= 15 is 0 Å². The maximum Gasteiger partial charge on any atom is 0.317 e. The lowest BCUT2D eigenvalue weighted by Gasteiger charge is -2.20. The minimum Gasteiger partial charge on any atom is -0.454 e. The molecule has 2 aliphatic heterocycles. The normalized spacial score (nSPS) is 21.6. The van der Waals surface area contributed by atoms with Crippen molar-refractivity contribution in [2.24, 2.45) is 0 Å². The van der Waals surface area contributed by atoms with Gasteiger partial charge in [0.25, 0.3) is 0 Å². The van der Waals surface area contributed by atoms with Crippen LogP contribution in [0, 0.1) is 0 Å². The summed E-state index contributed by atoms with van der Waals surface area (Å²) in [6.45, 7) is 0.618. The molecule has 0 spiro atoms. The summed E-state index contributed by atoms with van der Waals surface area (Å²) in [5.74, 6) is 1.54. The smallest absolute Gasteiger partial charge is 0.317 e. The van der Waals surface area contributed by atoms with Gasteiger partial charge in [0.05, 0.1) is 11.5 Å². The third-order valence-corrected chi connectivity index (χ3v) is 5.53. The summed E-state index contributed by atoms with van der Waals surface area (Å²) in [5, 5.41) is 2.76. The molecule has 8 heteroatoms. The lowest BCUT2D eigenvalue weighted by atomic mass is 10.2. The molecule has 0 saturated carbocycles. The van der Waals surface area contributed by atoms with E-state index in [9.17, 15) is 13.2 Å². The van der Waals surface area contributed by atoms with Crippen LogP contribution in [0.5, 0.6) is 11.5 Å². The van der Waals surface area contributed by atoms with Gasteiger partial charge in [0, 0.05) is 19.6 Å². The van der Waals surface area contributed by atoms with Crippen LogP contribution < -0.4 is 14.8 Å². The van der Waals surface area contributed by atoms with Crippen LogP contribution in [-0.2, 0) is 16.4 Å². The molecule has 0 bridgehead atoms. The van der Waals surface area contributed by atoms with Crippen LogP contribution in [0.25, 0.3) is 0 Å². The number of carbonyl (C=O) groups is 1. The molecule has 1 saturated heterocycles.